The van der Waals surface area contributed by atoms with Gasteiger partial charge in [0.15, 0.2) is 11.6 Å². The van der Waals surface area contributed by atoms with E-state index in [1.54, 1.807) is 12.3 Å². The number of aryl methyl sites for hydroxylation is 1. The van der Waals surface area contributed by atoms with E-state index in [0.717, 1.165) is 17.7 Å². The zero-order valence-electron chi connectivity index (χ0n) is 12.9. The van der Waals surface area contributed by atoms with Crippen LogP contribution in [0.2, 0.25) is 0 Å². The number of Topliss-reactive ketones (excluding diaryl/α,β-unsaturated/α-hetero) is 2. The summed E-state index contributed by atoms with van der Waals surface area (Å²) in [7, 11) is 0. The van der Waals surface area contributed by atoms with Crippen LogP contribution < -0.4 is 0 Å². The Morgan fingerprint density at radius 1 is 0.957 bits per heavy atom. The molecule has 23 heavy (non-hydrogen) atoms. The van der Waals surface area contributed by atoms with E-state index in [1.807, 2.05) is 48.5 Å². The van der Waals surface area contributed by atoms with Crippen LogP contribution in [-0.2, 0) is 16.0 Å². The molecule has 0 amide bonds. The molecule has 0 saturated heterocycles. The van der Waals surface area contributed by atoms with Crippen molar-refractivity contribution in [2.75, 3.05) is 0 Å². The Labute approximate surface area is 136 Å². The smallest absolute Gasteiger partial charge is 0.166 e. The molecule has 1 fully saturated rings. The summed E-state index contributed by atoms with van der Waals surface area (Å²) in [6.45, 7) is 0. The van der Waals surface area contributed by atoms with Crippen LogP contribution in [0.5, 0.6) is 0 Å². The molecule has 0 N–H and O–H groups in total. The van der Waals surface area contributed by atoms with Crippen LogP contribution >= 0.6 is 0 Å². The molecule has 116 valence electrons. The molecule has 1 saturated carbocycles. The number of allylic oxidation sites excluding steroid dienone is 2. The first-order valence-corrected chi connectivity index (χ1v) is 7.95. The van der Waals surface area contributed by atoms with Gasteiger partial charge in [-0.15, -0.1) is 0 Å². The monoisotopic (exact) mass is 305 g/mol. The van der Waals surface area contributed by atoms with Crippen molar-refractivity contribution < 1.29 is 9.59 Å². The zero-order valence-corrected chi connectivity index (χ0v) is 12.9. The lowest BCUT2D eigenvalue weighted by atomic mass is 9.79. The Kier molecular flexibility index (Phi) is 4.77. The summed E-state index contributed by atoms with van der Waals surface area (Å²) in [6.07, 6.45) is 5.80. The van der Waals surface area contributed by atoms with Crippen molar-refractivity contribution in [3.05, 3.63) is 77.6 Å². The van der Waals surface area contributed by atoms with Crippen molar-refractivity contribution in [3.8, 4) is 0 Å². The predicted molar refractivity (Wildman–Crippen MR) is 89.1 cm³/mol. The minimum Gasteiger partial charge on any atom is -0.294 e. The number of benzene rings is 1. The van der Waals surface area contributed by atoms with Gasteiger partial charge in [-0.25, -0.2) is 0 Å². The quantitative estimate of drug-likeness (QED) is 0.640. The number of carbonyl (C=O) groups is 2. The van der Waals surface area contributed by atoms with Crippen LogP contribution in [0.4, 0.5) is 0 Å². The molecule has 1 aliphatic rings. The van der Waals surface area contributed by atoms with Crippen LogP contribution in [0.3, 0.4) is 0 Å². The number of aromatic nitrogens is 1. The lowest BCUT2D eigenvalue weighted by Crippen LogP contribution is -2.24. The standard InChI is InChI=1S/C20H19NO2/c22-19-13-16(15-7-2-1-3-8-15)14-20(23)18(19)11-6-10-17-9-4-5-12-21-17/h1-5,7-9,11-12,16H,6,10,13-14H2. The lowest BCUT2D eigenvalue weighted by molar-refractivity contribution is -0.124. The number of nitrogens with zero attached hydrogens (tertiary/aromatic N) is 1. The molecular formula is C20H19NO2. The van der Waals surface area contributed by atoms with E-state index in [1.165, 1.54) is 0 Å². The first kappa shape index (κ1) is 15.3. The third kappa shape index (κ3) is 3.81. The minimum atomic E-state index is -0.0314. The molecule has 1 aromatic carbocycles. The average Bonchev–Trinajstić information content (AvgIpc) is 2.59. The van der Waals surface area contributed by atoms with Crippen LogP contribution in [0.25, 0.3) is 0 Å². The molecule has 1 aromatic heterocycles. The summed E-state index contributed by atoms with van der Waals surface area (Å²) >= 11 is 0. The molecule has 1 heterocycles. The van der Waals surface area contributed by atoms with Gasteiger partial charge in [0.05, 0.1) is 5.57 Å². The highest BCUT2D eigenvalue weighted by Gasteiger charge is 2.30. The maximum absolute atomic E-state index is 12.3. The van der Waals surface area contributed by atoms with E-state index in [0.29, 0.717) is 24.8 Å². The Morgan fingerprint density at radius 2 is 1.65 bits per heavy atom. The summed E-state index contributed by atoms with van der Waals surface area (Å²) in [4.78, 5) is 28.9. The van der Waals surface area contributed by atoms with Gasteiger partial charge in [0, 0.05) is 24.7 Å². The Morgan fingerprint density at radius 3 is 2.30 bits per heavy atom. The molecule has 0 radical (unpaired) electrons. The van der Waals surface area contributed by atoms with Gasteiger partial charge >= 0.3 is 0 Å². The van der Waals surface area contributed by atoms with Gasteiger partial charge in [-0.2, -0.15) is 0 Å². The first-order chi connectivity index (χ1) is 11.2. The molecule has 0 aliphatic heterocycles. The highest BCUT2D eigenvalue weighted by atomic mass is 16.1. The van der Waals surface area contributed by atoms with Gasteiger partial charge in [0.1, 0.15) is 0 Å². The van der Waals surface area contributed by atoms with Gasteiger partial charge in [-0.3, -0.25) is 14.6 Å². The summed E-state index contributed by atoms with van der Waals surface area (Å²) in [6, 6.07) is 15.6. The van der Waals surface area contributed by atoms with Crippen LogP contribution in [-0.4, -0.2) is 16.6 Å². The molecule has 0 spiro atoms. The molecule has 2 aromatic rings. The molecule has 3 heteroatoms. The highest BCUT2D eigenvalue weighted by molar-refractivity contribution is 6.22. The fourth-order valence-electron chi connectivity index (χ4n) is 2.99. The minimum absolute atomic E-state index is 0.0177. The second-order valence-corrected chi connectivity index (χ2v) is 5.84. The Bertz CT molecular complexity index is 700. The van der Waals surface area contributed by atoms with Crippen LogP contribution in [0.15, 0.2) is 66.4 Å². The summed E-state index contributed by atoms with van der Waals surface area (Å²) in [5.41, 5.74) is 2.43. The van der Waals surface area contributed by atoms with Gasteiger partial charge < -0.3 is 0 Å². The van der Waals surface area contributed by atoms with Gasteiger partial charge in [0.25, 0.3) is 0 Å². The Balaban J connectivity index is 1.65. The number of hydrogen-bond acceptors (Lipinski definition) is 3. The lowest BCUT2D eigenvalue weighted by Gasteiger charge is -2.22. The SMILES string of the molecule is O=C1CC(c2ccccc2)CC(=O)C1=CCCc1ccccn1. The largest absolute Gasteiger partial charge is 0.294 e. The second-order valence-electron chi connectivity index (χ2n) is 5.84. The Hall–Kier alpha value is -2.55. The normalized spacial score (nSPS) is 18.1. The topological polar surface area (TPSA) is 47.0 Å². The molecule has 0 unspecified atom stereocenters. The van der Waals surface area contributed by atoms with Crippen molar-refractivity contribution in [3.63, 3.8) is 0 Å². The number of carbonyl (C=O) groups excluding carboxylic acids is 2. The van der Waals surface area contributed by atoms with Crippen LogP contribution in [0.1, 0.15) is 36.4 Å². The van der Waals surface area contributed by atoms with E-state index in [2.05, 4.69) is 4.98 Å². The van der Waals surface area contributed by atoms with E-state index in [9.17, 15) is 9.59 Å². The molecule has 3 nitrogen and oxygen atoms in total. The number of rotatable bonds is 4. The molecule has 1 aliphatic carbocycles. The third-order valence-electron chi connectivity index (χ3n) is 4.21. The zero-order chi connectivity index (χ0) is 16.1. The van der Waals surface area contributed by atoms with E-state index in [-0.39, 0.29) is 17.5 Å². The summed E-state index contributed by atoms with van der Waals surface area (Å²) in [5, 5.41) is 0. The highest BCUT2D eigenvalue weighted by Crippen LogP contribution is 2.31. The van der Waals surface area contributed by atoms with Crippen molar-refractivity contribution in [1.82, 2.24) is 4.98 Å². The fraction of sp³-hybridized carbons (Fsp3) is 0.250. The van der Waals surface area contributed by atoms with E-state index < -0.39 is 0 Å². The average molecular weight is 305 g/mol. The van der Waals surface area contributed by atoms with Gasteiger partial charge in [0.2, 0.25) is 0 Å². The van der Waals surface area contributed by atoms with Crippen molar-refractivity contribution in [1.29, 1.82) is 0 Å². The van der Waals surface area contributed by atoms with Crippen molar-refractivity contribution >= 4 is 11.6 Å². The molecular weight excluding hydrogens is 286 g/mol. The number of hydrogen-bond donors (Lipinski definition) is 0. The van der Waals surface area contributed by atoms with Gasteiger partial charge in [-0.05, 0) is 36.5 Å². The molecule has 3 rings (SSSR count). The van der Waals surface area contributed by atoms with Crippen LogP contribution in [0, 0.1) is 0 Å². The van der Waals surface area contributed by atoms with Crippen molar-refractivity contribution in [2.24, 2.45) is 0 Å². The summed E-state index contributed by atoms with van der Waals surface area (Å²) < 4.78 is 0. The summed E-state index contributed by atoms with van der Waals surface area (Å²) in [5.74, 6) is -0.0450. The third-order valence-corrected chi connectivity index (χ3v) is 4.21. The maximum atomic E-state index is 12.3. The maximum Gasteiger partial charge on any atom is 0.166 e. The number of ketones is 2. The second kappa shape index (κ2) is 7.14. The first-order valence-electron chi connectivity index (χ1n) is 7.95. The van der Waals surface area contributed by atoms with E-state index in [4.69, 9.17) is 0 Å². The van der Waals surface area contributed by atoms with E-state index >= 15 is 0 Å². The molecule has 0 bridgehead atoms. The fourth-order valence-corrected chi connectivity index (χ4v) is 2.99. The van der Waals surface area contributed by atoms with Gasteiger partial charge in [-0.1, -0.05) is 42.5 Å². The number of pyridine rings is 1. The van der Waals surface area contributed by atoms with Crippen molar-refractivity contribution in [2.45, 2.75) is 31.6 Å². The predicted octanol–water partition coefficient (Wildman–Crippen LogP) is 3.66. The molecule has 0 atom stereocenters.